The molecule has 1 aromatic rings. The summed E-state index contributed by atoms with van der Waals surface area (Å²) in [5.74, 6) is 4.87. The summed E-state index contributed by atoms with van der Waals surface area (Å²) in [6.07, 6.45) is 4.42. The minimum Gasteiger partial charge on any atom is -0.384 e. The lowest BCUT2D eigenvalue weighted by Crippen LogP contribution is -2.41. The highest BCUT2D eigenvalue weighted by Crippen LogP contribution is 2.24. The molecule has 0 aliphatic heterocycles. The van der Waals surface area contributed by atoms with Crippen LogP contribution in [0.25, 0.3) is 0 Å². The molecule has 0 spiro atoms. The Morgan fingerprint density at radius 3 is 2.90 bits per heavy atom. The first-order valence-electron chi connectivity index (χ1n) is 7.32. The van der Waals surface area contributed by atoms with E-state index in [2.05, 4.69) is 24.1 Å². The van der Waals surface area contributed by atoms with Crippen molar-refractivity contribution in [2.75, 3.05) is 6.61 Å². The van der Waals surface area contributed by atoms with E-state index in [0.717, 1.165) is 19.3 Å². The molecule has 1 amide bonds. The second kappa shape index (κ2) is 7.24. The quantitative estimate of drug-likeness (QED) is 0.822. The predicted octanol–water partition coefficient (Wildman–Crippen LogP) is 2.48. The maximum Gasteiger partial charge on any atom is 0.252 e. The molecule has 2 atom stereocenters. The van der Waals surface area contributed by atoms with Gasteiger partial charge >= 0.3 is 0 Å². The topological polar surface area (TPSA) is 49.3 Å². The second-order valence-corrected chi connectivity index (χ2v) is 5.49. The largest absolute Gasteiger partial charge is 0.384 e. The van der Waals surface area contributed by atoms with Gasteiger partial charge in [-0.15, -0.1) is 0 Å². The molecule has 1 saturated carbocycles. The average molecular weight is 289 g/mol. The average Bonchev–Trinajstić information content (AvgIpc) is 2.47. The van der Waals surface area contributed by atoms with E-state index >= 15 is 0 Å². The molecule has 0 bridgehead atoms. The van der Waals surface area contributed by atoms with Crippen LogP contribution in [0.15, 0.2) is 18.2 Å². The van der Waals surface area contributed by atoms with Crippen LogP contribution in [-0.4, -0.2) is 23.7 Å². The molecule has 1 aliphatic rings. The molecule has 0 saturated heterocycles. The highest BCUT2D eigenvalue weighted by atomic mass is 19.1. The number of aliphatic hydroxyl groups is 1. The summed E-state index contributed by atoms with van der Waals surface area (Å²) >= 11 is 0. The molecule has 0 radical (unpaired) electrons. The fourth-order valence-electron chi connectivity index (χ4n) is 2.73. The first kappa shape index (κ1) is 15.5. The van der Waals surface area contributed by atoms with Gasteiger partial charge in [-0.2, -0.15) is 0 Å². The predicted molar refractivity (Wildman–Crippen MR) is 79.3 cm³/mol. The number of nitrogens with one attached hydrogen (secondary N) is 1. The van der Waals surface area contributed by atoms with Crippen molar-refractivity contribution in [3.05, 3.63) is 35.1 Å². The van der Waals surface area contributed by atoms with Gasteiger partial charge in [-0.3, -0.25) is 4.79 Å². The first-order valence-corrected chi connectivity index (χ1v) is 7.32. The van der Waals surface area contributed by atoms with Gasteiger partial charge in [-0.05, 0) is 37.0 Å². The van der Waals surface area contributed by atoms with Crippen LogP contribution in [0.5, 0.6) is 0 Å². The van der Waals surface area contributed by atoms with Gasteiger partial charge in [0.25, 0.3) is 5.91 Å². The van der Waals surface area contributed by atoms with Crippen molar-refractivity contribution in [2.24, 2.45) is 5.92 Å². The third-order valence-corrected chi connectivity index (χ3v) is 3.96. The third kappa shape index (κ3) is 4.05. The number of carbonyl (C=O) groups excluding carboxylic acids is 1. The molecular weight excluding hydrogens is 269 g/mol. The van der Waals surface area contributed by atoms with E-state index in [1.165, 1.54) is 24.6 Å². The molecule has 0 heterocycles. The zero-order valence-corrected chi connectivity index (χ0v) is 12.2. The Bertz CT molecular complexity index is 574. The van der Waals surface area contributed by atoms with Gasteiger partial charge in [0.1, 0.15) is 12.4 Å². The first-order chi connectivity index (χ1) is 10.1. The van der Waals surface area contributed by atoms with Gasteiger partial charge in [-0.25, -0.2) is 4.39 Å². The second-order valence-electron chi connectivity index (χ2n) is 5.49. The van der Waals surface area contributed by atoms with E-state index in [1.807, 2.05) is 0 Å². The van der Waals surface area contributed by atoms with Crippen molar-refractivity contribution in [3.63, 3.8) is 0 Å². The monoisotopic (exact) mass is 289 g/mol. The highest BCUT2D eigenvalue weighted by molar-refractivity contribution is 5.97. The van der Waals surface area contributed by atoms with Gasteiger partial charge in [0.05, 0.1) is 5.56 Å². The van der Waals surface area contributed by atoms with Gasteiger partial charge in [0.2, 0.25) is 0 Å². The fourth-order valence-corrected chi connectivity index (χ4v) is 2.73. The molecule has 1 fully saturated rings. The van der Waals surface area contributed by atoms with Crippen molar-refractivity contribution in [3.8, 4) is 11.8 Å². The summed E-state index contributed by atoms with van der Waals surface area (Å²) < 4.78 is 13.3. The Morgan fingerprint density at radius 1 is 1.43 bits per heavy atom. The van der Waals surface area contributed by atoms with Crippen molar-refractivity contribution in [1.82, 2.24) is 5.32 Å². The lowest BCUT2D eigenvalue weighted by Gasteiger charge is -2.29. The van der Waals surface area contributed by atoms with Crippen molar-refractivity contribution in [2.45, 2.75) is 38.6 Å². The number of halogens is 1. The molecule has 21 heavy (non-hydrogen) atoms. The summed E-state index contributed by atoms with van der Waals surface area (Å²) in [7, 11) is 0. The Balaban J connectivity index is 2.18. The number of hydrogen-bond donors (Lipinski definition) is 2. The third-order valence-electron chi connectivity index (χ3n) is 3.96. The Kier molecular flexibility index (Phi) is 5.35. The Hall–Kier alpha value is -1.86. The van der Waals surface area contributed by atoms with Crippen molar-refractivity contribution < 1.29 is 14.3 Å². The van der Waals surface area contributed by atoms with Gasteiger partial charge in [0.15, 0.2) is 0 Å². The van der Waals surface area contributed by atoms with Crippen LogP contribution in [-0.2, 0) is 0 Å². The van der Waals surface area contributed by atoms with E-state index in [4.69, 9.17) is 5.11 Å². The van der Waals surface area contributed by atoms with Crippen LogP contribution in [0.4, 0.5) is 4.39 Å². The lowest BCUT2D eigenvalue weighted by molar-refractivity contribution is 0.0910. The molecule has 2 N–H and O–H groups in total. The SMILES string of the molecule is CC1CCCCC1NC(=O)c1ccc(F)cc1C#CCO. The highest BCUT2D eigenvalue weighted by Gasteiger charge is 2.24. The molecular formula is C17H20FNO2. The number of aliphatic hydroxyl groups excluding tert-OH is 1. The molecule has 4 heteroatoms. The minimum absolute atomic E-state index is 0.162. The summed E-state index contributed by atoms with van der Waals surface area (Å²) in [6, 6.07) is 4.08. The van der Waals surface area contributed by atoms with Gasteiger partial charge in [-0.1, -0.05) is 31.6 Å². The van der Waals surface area contributed by atoms with Crippen LogP contribution in [0, 0.1) is 23.6 Å². The molecule has 2 rings (SSSR count). The lowest BCUT2D eigenvalue weighted by atomic mass is 9.86. The molecule has 1 aromatic carbocycles. The van der Waals surface area contributed by atoms with Crippen LogP contribution >= 0.6 is 0 Å². The number of rotatable bonds is 2. The van der Waals surface area contributed by atoms with E-state index < -0.39 is 5.82 Å². The van der Waals surface area contributed by atoms with Gasteiger partial charge in [0, 0.05) is 11.6 Å². The van der Waals surface area contributed by atoms with E-state index in [1.54, 1.807) is 0 Å². The van der Waals surface area contributed by atoms with E-state index in [0.29, 0.717) is 17.0 Å². The normalized spacial score (nSPS) is 21.3. The zero-order valence-electron chi connectivity index (χ0n) is 12.2. The summed E-state index contributed by atoms with van der Waals surface area (Å²) in [5, 5.41) is 11.8. The molecule has 3 nitrogen and oxygen atoms in total. The summed E-state index contributed by atoms with van der Waals surface area (Å²) in [6.45, 7) is 1.82. The molecule has 0 aromatic heterocycles. The number of amides is 1. The van der Waals surface area contributed by atoms with Crippen LogP contribution in [0.3, 0.4) is 0 Å². The van der Waals surface area contributed by atoms with Crippen molar-refractivity contribution >= 4 is 5.91 Å². The summed E-state index contributed by atoms with van der Waals surface area (Å²) in [4.78, 5) is 12.4. The minimum atomic E-state index is -0.445. The maximum atomic E-state index is 13.3. The zero-order chi connectivity index (χ0) is 15.2. The number of carbonyl (C=O) groups is 1. The standard InChI is InChI=1S/C17H20FNO2/c1-12-5-2-3-7-16(12)19-17(21)15-9-8-14(18)11-13(15)6-4-10-20/h8-9,11-12,16,20H,2-3,5,7,10H2,1H3,(H,19,21). The Labute approximate surface area is 124 Å². The number of benzene rings is 1. The Morgan fingerprint density at radius 2 is 2.19 bits per heavy atom. The van der Waals surface area contributed by atoms with Gasteiger partial charge < -0.3 is 10.4 Å². The smallest absolute Gasteiger partial charge is 0.252 e. The van der Waals surface area contributed by atoms with Crippen LogP contribution in [0.1, 0.15) is 48.5 Å². The molecule has 2 unspecified atom stereocenters. The molecule has 1 aliphatic carbocycles. The van der Waals surface area contributed by atoms with Crippen LogP contribution < -0.4 is 5.32 Å². The number of hydrogen-bond acceptors (Lipinski definition) is 2. The summed E-state index contributed by atoms with van der Waals surface area (Å²) in [5.41, 5.74) is 0.667. The molecule has 112 valence electrons. The van der Waals surface area contributed by atoms with Crippen LogP contribution in [0.2, 0.25) is 0 Å². The fraction of sp³-hybridized carbons (Fsp3) is 0.471. The van der Waals surface area contributed by atoms with Crippen molar-refractivity contribution in [1.29, 1.82) is 0 Å². The maximum absolute atomic E-state index is 13.3. The van der Waals surface area contributed by atoms with E-state index in [9.17, 15) is 9.18 Å². The van der Waals surface area contributed by atoms with E-state index in [-0.39, 0.29) is 18.6 Å².